The number of hydrogen-bond donors (Lipinski definition) is 1. The molecule has 1 aromatic rings. The van der Waals surface area contributed by atoms with Crippen LogP contribution < -0.4 is 0 Å². The Hall–Kier alpha value is -1.95. The topological polar surface area (TPSA) is 89.7 Å². The van der Waals surface area contributed by atoms with E-state index in [0.29, 0.717) is 0 Å². The summed E-state index contributed by atoms with van der Waals surface area (Å²) >= 11 is 0. The van der Waals surface area contributed by atoms with E-state index in [0.717, 1.165) is 0 Å². The Balaban J connectivity index is 3.26. The molecule has 0 saturated heterocycles. The molecule has 1 aromatic carbocycles. The van der Waals surface area contributed by atoms with Crippen LogP contribution >= 0.6 is 0 Å². The lowest BCUT2D eigenvalue weighted by molar-refractivity contribution is -0.385. The zero-order valence-electron chi connectivity index (χ0n) is 8.84. The number of rotatable bonds is 4. The number of hydrogen-bond acceptors (Lipinski definition) is 4. The molecule has 0 heterocycles. The van der Waals surface area contributed by atoms with Crippen LogP contribution in [0.3, 0.4) is 0 Å². The Morgan fingerprint density at radius 1 is 1.56 bits per heavy atom. The van der Waals surface area contributed by atoms with Gasteiger partial charge in [0.15, 0.2) is 5.60 Å². The Bertz CT molecular complexity index is 431. The van der Waals surface area contributed by atoms with Crippen LogP contribution in [0.5, 0.6) is 0 Å². The van der Waals surface area contributed by atoms with Gasteiger partial charge in [0, 0.05) is 24.8 Å². The summed E-state index contributed by atoms with van der Waals surface area (Å²) in [5, 5.41) is 19.6. The summed E-state index contributed by atoms with van der Waals surface area (Å²) in [6.45, 7) is 1.34. The van der Waals surface area contributed by atoms with E-state index in [1.54, 1.807) is 0 Å². The van der Waals surface area contributed by atoms with Crippen LogP contribution in [0.1, 0.15) is 12.5 Å². The lowest BCUT2D eigenvalue weighted by Gasteiger charge is -2.23. The number of nitro groups is 1. The van der Waals surface area contributed by atoms with Gasteiger partial charge in [-0.3, -0.25) is 10.1 Å². The third-order valence-corrected chi connectivity index (χ3v) is 2.42. The molecule has 1 rings (SSSR count). The molecule has 6 nitrogen and oxygen atoms in total. The highest BCUT2D eigenvalue weighted by atomic mass is 16.6. The number of ether oxygens (including phenoxy) is 1. The number of non-ortho nitro benzene ring substituents is 1. The van der Waals surface area contributed by atoms with E-state index in [1.165, 1.54) is 38.3 Å². The normalized spacial score (nSPS) is 14.1. The predicted octanol–water partition coefficient (Wildman–Crippen LogP) is 1.54. The number of benzene rings is 1. The monoisotopic (exact) mass is 225 g/mol. The molecular weight excluding hydrogens is 214 g/mol. The van der Waals surface area contributed by atoms with Crippen LogP contribution in [0, 0.1) is 10.1 Å². The van der Waals surface area contributed by atoms with Gasteiger partial charge < -0.3 is 9.84 Å². The first-order chi connectivity index (χ1) is 7.41. The molecule has 1 N–H and O–H groups in total. The summed E-state index contributed by atoms with van der Waals surface area (Å²) in [6, 6.07) is 5.39. The van der Waals surface area contributed by atoms with E-state index in [4.69, 9.17) is 9.84 Å². The fourth-order valence-corrected chi connectivity index (χ4v) is 1.24. The largest absolute Gasteiger partial charge is 0.479 e. The smallest absolute Gasteiger partial charge is 0.340 e. The molecule has 0 fully saturated rings. The van der Waals surface area contributed by atoms with Gasteiger partial charge in [-0.15, -0.1) is 0 Å². The lowest BCUT2D eigenvalue weighted by Crippen LogP contribution is -2.34. The van der Waals surface area contributed by atoms with E-state index in [1.807, 2.05) is 0 Å². The van der Waals surface area contributed by atoms with Gasteiger partial charge in [-0.2, -0.15) is 0 Å². The summed E-state index contributed by atoms with van der Waals surface area (Å²) in [7, 11) is 1.24. The molecule has 6 heteroatoms. The third-order valence-electron chi connectivity index (χ3n) is 2.42. The minimum atomic E-state index is -1.58. The molecule has 0 radical (unpaired) electrons. The highest BCUT2D eigenvalue weighted by Crippen LogP contribution is 2.27. The minimum Gasteiger partial charge on any atom is -0.479 e. The van der Waals surface area contributed by atoms with E-state index in [2.05, 4.69) is 0 Å². The second-order valence-electron chi connectivity index (χ2n) is 3.35. The van der Waals surface area contributed by atoms with Crippen molar-refractivity contribution in [3.63, 3.8) is 0 Å². The highest BCUT2D eigenvalue weighted by molar-refractivity contribution is 5.79. The van der Waals surface area contributed by atoms with Crippen molar-refractivity contribution in [1.82, 2.24) is 0 Å². The van der Waals surface area contributed by atoms with Crippen molar-refractivity contribution in [1.29, 1.82) is 0 Å². The quantitative estimate of drug-likeness (QED) is 0.620. The van der Waals surface area contributed by atoms with Crippen molar-refractivity contribution in [2.75, 3.05) is 7.11 Å². The number of nitrogens with zero attached hydrogens (tertiary/aromatic N) is 1. The van der Waals surface area contributed by atoms with E-state index >= 15 is 0 Å². The molecule has 86 valence electrons. The van der Waals surface area contributed by atoms with Crippen molar-refractivity contribution in [3.05, 3.63) is 39.9 Å². The van der Waals surface area contributed by atoms with Crippen molar-refractivity contribution in [2.45, 2.75) is 12.5 Å². The first-order valence-corrected chi connectivity index (χ1v) is 4.45. The van der Waals surface area contributed by atoms with Gasteiger partial charge in [-0.1, -0.05) is 12.1 Å². The van der Waals surface area contributed by atoms with E-state index in [9.17, 15) is 14.9 Å². The molecule has 1 unspecified atom stereocenters. The molecule has 16 heavy (non-hydrogen) atoms. The summed E-state index contributed by atoms with van der Waals surface area (Å²) in [5.74, 6) is -1.20. The molecule has 0 aliphatic rings. The average molecular weight is 225 g/mol. The van der Waals surface area contributed by atoms with Crippen molar-refractivity contribution in [2.24, 2.45) is 0 Å². The SMILES string of the molecule is COC(C)(C(=O)O)c1cccc([N+](=O)[O-])c1. The number of carboxylic acids is 1. The highest BCUT2D eigenvalue weighted by Gasteiger charge is 2.36. The van der Waals surface area contributed by atoms with Crippen LogP contribution in [-0.4, -0.2) is 23.1 Å². The average Bonchev–Trinajstić information content (AvgIpc) is 2.27. The predicted molar refractivity (Wildman–Crippen MR) is 55.1 cm³/mol. The van der Waals surface area contributed by atoms with Gasteiger partial charge in [-0.25, -0.2) is 4.79 Å². The van der Waals surface area contributed by atoms with Crippen LogP contribution in [0.2, 0.25) is 0 Å². The van der Waals surface area contributed by atoms with Gasteiger partial charge in [0.1, 0.15) is 0 Å². The zero-order chi connectivity index (χ0) is 12.3. The number of methoxy groups -OCH3 is 1. The molecule has 0 amide bonds. The van der Waals surface area contributed by atoms with Crippen LogP contribution in [0.4, 0.5) is 5.69 Å². The van der Waals surface area contributed by atoms with Crippen LogP contribution in [-0.2, 0) is 15.1 Å². The van der Waals surface area contributed by atoms with Gasteiger partial charge >= 0.3 is 5.97 Å². The molecule has 0 saturated carbocycles. The standard InChI is InChI=1S/C10H11NO5/c1-10(16-2,9(12)13)7-4-3-5-8(6-7)11(14)15/h3-6H,1-2H3,(H,12,13). The van der Waals surface area contributed by atoms with Crippen LogP contribution in [0.15, 0.2) is 24.3 Å². The summed E-state index contributed by atoms with van der Waals surface area (Å²) < 4.78 is 4.90. The summed E-state index contributed by atoms with van der Waals surface area (Å²) in [5.41, 5.74) is -1.51. The summed E-state index contributed by atoms with van der Waals surface area (Å²) in [4.78, 5) is 21.0. The minimum absolute atomic E-state index is 0.165. The van der Waals surface area contributed by atoms with Crippen molar-refractivity contribution < 1.29 is 19.6 Å². The Morgan fingerprint density at radius 3 is 2.62 bits per heavy atom. The van der Waals surface area contributed by atoms with Crippen molar-refractivity contribution in [3.8, 4) is 0 Å². The fraction of sp³-hybridized carbons (Fsp3) is 0.300. The summed E-state index contributed by atoms with van der Waals surface area (Å²) in [6.07, 6.45) is 0. The molecule has 0 spiro atoms. The lowest BCUT2D eigenvalue weighted by atomic mass is 9.95. The Labute approximate surface area is 91.6 Å². The van der Waals surface area contributed by atoms with Crippen LogP contribution in [0.25, 0.3) is 0 Å². The molecule has 0 aliphatic carbocycles. The third kappa shape index (κ3) is 2.01. The van der Waals surface area contributed by atoms with Gasteiger partial charge in [0.2, 0.25) is 0 Å². The van der Waals surface area contributed by atoms with E-state index in [-0.39, 0.29) is 11.3 Å². The van der Waals surface area contributed by atoms with Gasteiger partial charge in [0.05, 0.1) is 4.92 Å². The van der Waals surface area contributed by atoms with E-state index < -0.39 is 16.5 Å². The second kappa shape index (κ2) is 4.28. The maximum atomic E-state index is 11.0. The number of nitro benzene ring substituents is 1. The maximum absolute atomic E-state index is 11.0. The molecule has 0 aromatic heterocycles. The molecule has 1 atom stereocenters. The first-order valence-electron chi connectivity index (χ1n) is 4.45. The Kier molecular flexibility index (Phi) is 3.24. The fourth-order valence-electron chi connectivity index (χ4n) is 1.24. The maximum Gasteiger partial charge on any atom is 0.340 e. The Morgan fingerprint density at radius 2 is 2.19 bits per heavy atom. The second-order valence-corrected chi connectivity index (χ2v) is 3.35. The number of aliphatic carboxylic acids is 1. The first kappa shape index (κ1) is 12.1. The number of carboxylic acid groups (broad SMARTS) is 1. The van der Waals surface area contributed by atoms with Crippen molar-refractivity contribution >= 4 is 11.7 Å². The van der Waals surface area contributed by atoms with Gasteiger partial charge in [0.25, 0.3) is 5.69 Å². The molecular formula is C10H11NO5. The molecule has 0 aliphatic heterocycles. The number of carbonyl (C=O) groups is 1. The molecule has 0 bridgehead atoms. The zero-order valence-corrected chi connectivity index (χ0v) is 8.84. The van der Waals surface area contributed by atoms with Gasteiger partial charge in [-0.05, 0) is 6.92 Å².